The van der Waals surface area contributed by atoms with Crippen molar-refractivity contribution in [3.63, 3.8) is 0 Å². The lowest BCUT2D eigenvalue weighted by Gasteiger charge is -2.18. The van der Waals surface area contributed by atoms with E-state index in [0.29, 0.717) is 17.3 Å². The number of rotatable bonds is 8. The summed E-state index contributed by atoms with van der Waals surface area (Å²) in [6, 6.07) is 15.5. The van der Waals surface area contributed by atoms with Crippen molar-refractivity contribution in [1.82, 2.24) is 0 Å². The van der Waals surface area contributed by atoms with E-state index >= 15 is 0 Å². The van der Waals surface area contributed by atoms with Gasteiger partial charge in [-0.1, -0.05) is 36.7 Å². The molecule has 0 spiro atoms. The monoisotopic (exact) mass is 333 g/mol. The number of hydrogen-bond acceptors (Lipinski definition) is 3. The number of nitrogens with one attached hydrogen (secondary N) is 1. The third-order valence-electron chi connectivity index (χ3n) is 3.50. The molecule has 2 rings (SSSR count). The van der Waals surface area contributed by atoms with E-state index in [0.717, 1.165) is 17.9 Å². The minimum absolute atomic E-state index is 0.00552. The van der Waals surface area contributed by atoms with Crippen LogP contribution in [0.15, 0.2) is 48.5 Å². The molecular formula is C19H24ClNO2. The fourth-order valence-corrected chi connectivity index (χ4v) is 2.24. The van der Waals surface area contributed by atoms with Crippen molar-refractivity contribution in [2.75, 3.05) is 11.9 Å². The topological polar surface area (TPSA) is 30.5 Å². The lowest BCUT2D eigenvalue weighted by Crippen LogP contribution is -2.22. The van der Waals surface area contributed by atoms with Gasteiger partial charge >= 0.3 is 0 Å². The molecule has 0 aliphatic carbocycles. The summed E-state index contributed by atoms with van der Waals surface area (Å²) in [5, 5.41) is 4.00. The van der Waals surface area contributed by atoms with Gasteiger partial charge in [0.15, 0.2) is 0 Å². The molecule has 0 unspecified atom stereocenters. The van der Waals surface area contributed by atoms with Crippen molar-refractivity contribution in [3.8, 4) is 11.5 Å². The summed E-state index contributed by atoms with van der Waals surface area (Å²) in [7, 11) is 0. The largest absolute Gasteiger partial charge is 0.491 e. The number of hydrogen-bond donors (Lipinski definition) is 1. The first-order chi connectivity index (χ1) is 11.1. The quantitative estimate of drug-likeness (QED) is 0.702. The van der Waals surface area contributed by atoms with Crippen molar-refractivity contribution in [2.24, 2.45) is 0 Å². The van der Waals surface area contributed by atoms with E-state index in [1.807, 2.05) is 55.5 Å². The van der Waals surface area contributed by atoms with E-state index in [-0.39, 0.29) is 12.2 Å². The predicted molar refractivity (Wildman–Crippen MR) is 96.9 cm³/mol. The maximum absolute atomic E-state index is 6.11. The molecule has 0 aliphatic rings. The van der Waals surface area contributed by atoms with Crippen LogP contribution < -0.4 is 14.8 Å². The molecule has 2 aromatic rings. The van der Waals surface area contributed by atoms with Crippen LogP contribution in [0.25, 0.3) is 0 Å². The molecule has 0 heterocycles. The molecule has 2 aromatic carbocycles. The zero-order chi connectivity index (χ0) is 16.7. The van der Waals surface area contributed by atoms with Crippen LogP contribution in [-0.4, -0.2) is 18.8 Å². The van der Waals surface area contributed by atoms with E-state index in [1.54, 1.807) is 0 Å². The van der Waals surface area contributed by atoms with E-state index < -0.39 is 0 Å². The number of anilines is 1. The second-order valence-electron chi connectivity index (χ2n) is 5.60. The lowest BCUT2D eigenvalue weighted by molar-refractivity contribution is 0.217. The normalized spacial score (nSPS) is 13.2. The molecule has 3 nitrogen and oxygen atoms in total. The molecule has 0 aromatic heterocycles. The number of halogens is 1. The Hall–Kier alpha value is -1.87. The van der Waals surface area contributed by atoms with Gasteiger partial charge in [0.05, 0.1) is 17.7 Å². The third-order valence-corrected chi connectivity index (χ3v) is 3.82. The average Bonchev–Trinajstić information content (AvgIpc) is 2.55. The Morgan fingerprint density at radius 2 is 1.78 bits per heavy atom. The summed E-state index contributed by atoms with van der Waals surface area (Å²) in [5.41, 5.74) is 1.01. The van der Waals surface area contributed by atoms with Gasteiger partial charge in [0.2, 0.25) is 0 Å². The predicted octanol–water partition coefficient (Wildman–Crippen LogP) is 5.40. The Morgan fingerprint density at radius 3 is 2.52 bits per heavy atom. The highest BCUT2D eigenvalue weighted by molar-refractivity contribution is 6.32. The molecule has 23 heavy (non-hydrogen) atoms. The lowest BCUT2D eigenvalue weighted by atomic mass is 10.2. The van der Waals surface area contributed by atoms with E-state index in [2.05, 4.69) is 19.2 Å². The highest BCUT2D eigenvalue weighted by Crippen LogP contribution is 2.24. The Kier molecular flexibility index (Phi) is 6.60. The van der Waals surface area contributed by atoms with Crippen LogP contribution in [0.5, 0.6) is 11.5 Å². The molecule has 0 saturated carbocycles. The molecule has 0 fully saturated rings. The van der Waals surface area contributed by atoms with Gasteiger partial charge in [-0.05, 0) is 44.5 Å². The minimum atomic E-state index is -0.00552. The first-order valence-corrected chi connectivity index (χ1v) is 8.38. The van der Waals surface area contributed by atoms with Crippen LogP contribution in [-0.2, 0) is 0 Å². The first kappa shape index (κ1) is 17.5. The van der Waals surface area contributed by atoms with Gasteiger partial charge in [0, 0.05) is 11.8 Å². The standard InChI is InChI=1S/C19H24ClNO2/c1-4-14(2)22-17-9-7-8-16(12-17)21-13-15(3)23-19-11-6-5-10-18(19)20/h5-12,14-15,21H,4,13H2,1-3H3/t14-,15-/m0/s1. The fraction of sp³-hybridized carbons (Fsp3) is 0.368. The Bertz CT molecular complexity index is 618. The highest BCUT2D eigenvalue weighted by atomic mass is 35.5. The second kappa shape index (κ2) is 8.68. The van der Waals surface area contributed by atoms with Crippen LogP contribution in [0.1, 0.15) is 27.2 Å². The average molecular weight is 334 g/mol. The van der Waals surface area contributed by atoms with Crippen molar-refractivity contribution in [2.45, 2.75) is 39.4 Å². The zero-order valence-electron chi connectivity index (χ0n) is 13.9. The molecule has 0 amide bonds. The number of para-hydroxylation sites is 1. The molecule has 2 atom stereocenters. The van der Waals surface area contributed by atoms with Gasteiger partial charge in [0.25, 0.3) is 0 Å². The molecule has 0 bridgehead atoms. The molecule has 4 heteroatoms. The first-order valence-electron chi connectivity index (χ1n) is 8.00. The summed E-state index contributed by atoms with van der Waals surface area (Å²) in [6.45, 7) is 6.87. The maximum atomic E-state index is 6.11. The summed E-state index contributed by atoms with van der Waals surface area (Å²) < 4.78 is 11.7. The van der Waals surface area contributed by atoms with Crippen molar-refractivity contribution >= 4 is 17.3 Å². The molecule has 0 radical (unpaired) electrons. The number of ether oxygens (including phenoxy) is 2. The molecule has 124 valence electrons. The van der Waals surface area contributed by atoms with Crippen molar-refractivity contribution in [3.05, 3.63) is 53.6 Å². The van der Waals surface area contributed by atoms with Crippen LogP contribution in [0.4, 0.5) is 5.69 Å². The van der Waals surface area contributed by atoms with E-state index in [9.17, 15) is 0 Å². The summed E-state index contributed by atoms with van der Waals surface area (Å²) in [5.74, 6) is 1.58. The molecule has 0 aliphatic heterocycles. The zero-order valence-corrected chi connectivity index (χ0v) is 14.6. The van der Waals surface area contributed by atoms with Crippen LogP contribution >= 0.6 is 11.6 Å². The smallest absolute Gasteiger partial charge is 0.138 e. The number of benzene rings is 2. The van der Waals surface area contributed by atoms with Crippen LogP contribution in [0, 0.1) is 0 Å². The Morgan fingerprint density at radius 1 is 1.00 bits per heavy atom. The van der Waals surface area contributed by atoms with Gasteiger partial charge in [-0.15, -0.1) is 0 Å². The SMILES string of the molecule is CC[C@H](C)Oc1cccc(NC[C@H](C)Oc2ccccc2Cl)c1. The van der Waals surface area contributed by atoms with Crippen LogP contribution in [0.2, 0.25) is 5.02 Å². The van der Waals surface area contributed by atoms with Gasteiger partial charge in [-0.3, -0.25) is 0 Å². The van der Waals surface area contributed by atoms with Gasteiger partial charge in [0.1, 0.15) is 17.6 Å². The van der Waals surface area contributed by atoms with Crippen molar-refractivity contribution in [1.29, 1.82) is 0 Å². The minimum Gasteiger partial charge on any atom is -0.491 e. The summed E-state index contributed by atoms with van der Waals surface area (Å²) in [6.07, 6.45) is 1.20. The molecular weight excluding hydrogens is 310 g/mol. The summed E-state index contributed by atoms with van der Waals surface area (Å²) >= 11 is 6.11. The highest BCUT2D eigenvalue weighted by Gasteiger charge is 2.07. The fourth-order valence-electron chi connectivity index (χ4n) is 2.06. The van der Waals surface area contributed by atoms with Crippen LogP contribution in [0.3, 0.4) is 0 Å². The van der Waals surface area contributed by atoms with E-state index in [1.165, 1.54) is 0 Å². The third kappa shape index (κ3) is 5.68. The van der Waals surface area contributed by atoms with Gasteiger partial charge in [-0.2, -0.15) is 0 Å². The van der Waals surface area contributed by atoms with E-state index in [4.69, 9.17) is 21.1 Å². The van der Waals surface area contributed by atoms with Crippen molar-refractivity contribution < 1.29 is 9.47 Å². The van der Waals surface area contributed by atoms with Gasteiger partial charge < -0.3 is 14.8 Å². The summed E-state index contributed by atoms with van der Waals surface area (Å²) in [4.78, 5) is 0. The molecule has 0 saturated heterocycles. The molecule has 1 N–H and O–H groups in total. The second-order valence-corrected chi connectivity index (χ2v) is 6.01. The maximum Gasteiger partial charge on any atom is 0.138 e. The Labute approximate surface area is 143 Å². The van der Waals surface area contributed by atoms with Gasteiger partial charge in [-0.25, -0.2) is 0 Å². The Balaban J connectivity index is 1.88.